The van der Waals surface area contributed by atoms with Crippen LogP contribution >= 0.6 is 11.3 Å². The molecule has 0 saturated heterocycles. The van der Waals surface area contributed by atoms with E-state index in [1.54, 1.807) is 11.3 Å². The lowest BCUT2D eigenvalue weighted by atomic mass is 10.0. The van der Waals surface area contributed by atoms with Crippen molar-refractivity contribution in [3.63, 3.8) is 0 Å². The Kier molecular flexibility index (Phi) is 3.76. The molecule has 1 aliphatic carbocycles. The Morgan fingerprint density at radius 3 is 2.87 bits per heavy atom. The van der Waals surface area contributed by atoms with Crippen LogP contribution < -0.4 is 0 Å². The predicted molar refractivity (Wildman–Crippen MR) is 63.4 cm³/mol. The van der Waals surface area contributed by atoms with Crippen LogP contribution in [0.5, 0.6) is 0 Å². The molecule has 1 aliphatic rings. The van der Waals surface area contributed by atoms with E-state index in [1.807, 2.05) is 0 Å². The molecule has 2 nitrogen and oxygen atoms in total. The molecule has 1 N–H and O–H groups in total. The smallest absolute Gasteiger partial charge is 0.0959 e. The molecule has 1 fully saturated rings. The predicted octanol–water partition coefficient (Wildman–Crippen LogP) is 3.29. The number of hydrogen-bond acceptors (Lipinski definition) is 3. The van der Waals surface area contributed by atoms with Crippen LogP contribution in [0.3, 0.4) is 0 Å². The summed E-state index contributed by atoms with van der Waals surface area (Å²) in [5, 5.41) is 12.7. The van der Waals surface area contributed by atoms with Crippen molar-refractivity contribution in [2.24, 2.45) is 0 Å². The van der Waals surface area contributed by atoms with Crippen LogP contribution in [0.15, 0.2) is 5.38 Å². The number of aliphatic hydroxyl groups excluding tert-OH is 1. The molecule has 1 aromatic heterocycles. The Bertz CT molecular complexity index is 284. The van der Waals surface area contributed by atoms with Crippen LogP contribution in [0.25, 0.3) is 0 Å². The Balaban J connectivity index is 2.08. The van der Waals surface area contributed by atoms with Crippen molar-refractivity contribution in [1.29, 1.82) is 0 Å². The molecule has 0 spiro atoms. The van der Waals surface area contributed by atoms with Crippen LogP contribution in [0, 0.1) is 0 Å². The summed E-state index contributed by atoms with van der Waals surface area (Å²) in [6.07, 6.45) is 6.31. The van der Waals surface area contributed by atoms with Gasteiger partial charge in [0.2, 0.25) is 0 Å². The normalized spacial score (nSPS) is 19.6. The van der Waals surface area contributed by atoms with E-state index in [4.69, 9.17) is 4.98 Å². The molecule has 3 heteroatoms. The lowest BCUT2D eigenvalue weighted by Gasteiger charge is -2.08. The highest BCUT2D eigenvalue weighted by Crippen LogP contribution is 2.36. The number of thiazole rings is 1. The fraction of sp³-hybridized carbons (Fsp3) is 0.750. The average Bonchev–Trinajstić information content (AvgIpc) is 2.89. The van der Waals surface area contributed by atoms with Crippen LogP contribution in [0.2, 0.25) is 0 Å². The van der Waals surface area contributed by atoms with Gasteiger partial charge < -0.3 is 5.11 Å². The second-order valence-corrected chi connectivity index (χ2v) is 5.27. The third-order valence-corrected chi connectivity index (χ3v) is 4.40. The molecule has 0 aromatic carbocycles. The molecule has 1 heterocycles. The zero-order valence-corrected chi connectivity index (χ0v) is 10.1. The van der Waals surface area contributed by atoms with Crippen molar-refractivity contribution in [3.8, 4) is 0 Å². The monoisotopic (exact) mass is 225 g/mol. The van der Waals surface area contributed by atoms with Crippen LogP contribution in [-0.2, 0) is 0 Å². The molecular formula is C12H19NOS. The fourth-order valence-electron chi connectivity index (χ4n) is 2.28. The van der Waals surface area contributed by atoms with Crippen molar-refractivity contribution in [3.05, 3.63) is 16.1 Å². The summed E-state index contributed by atoms with van der Waals surface area (Å²) in [5.41, 5.74) is 1.10. The zero-order chi connectivity index (χ0) is 10.7. The molecule has 0 bridgehead atoms. The van der Waals surface area contributed by atoms with E-state index < -0.39 is 0 Å². The molecule has 1 aromatic rings. The minimum atomic E-state index is 0.227. The van der Waals surface area contributed by atoms with Crippen molar-refractivity contribution < 1.29 is 5.11 Å². The third-order valence-electron chi connectivity index (χ3n) is 3.38. The molecule has 1 atom stereocenters. The highest BCUT2D eigenvalue weighted by Gasteiger charge is 2.21. The summed E-state index contributed by atoms with van der Waals surface area (Å²) in [6.45, 7) is 2.33. The molecule has 0 aliphatic heterocycles. The van der Waals surface area contributed by atoms with Gasteiger partial charge in [0.25, 0.3) is 0 Å². The van der Waals surface area contributed by atoms with Gasteiger partial charge in [-0.1, -0.05) is 19.8 Å². The van der Waals surface area contributed by atoms with Crippen LogP contribution in [0.4, 0.5) is 0 Å². The molecule has 84 valence electrons. The van der Waals surface area contributed by atoms with E-state index in [9.17, 15) is 5.11 Å². The highest BCUT2D eigenvalue weighted by molar-refractivity contribution is 7.09. The van der Waals surface area contributed by atoms with E-state index in [0.29, 0.717) is 5.92 Å². The number of aromatic nitrogens is 1. The maximum Gasteiger partial charge on any atom is 0.0959 e. The summed E-state index contributed by atoms with van der Waals surface area (Å²) in [7, 11) is 0. The second kappa shape index (κ2) is 5.08. The van der Waals surface area contributed by atoms with E-state index in [1.165, 1.54) is 30.7 Å². The topological polar surface area (TPSA) is 33.1 Å². The minimum Gasteiger partial charge on any atom is -0.396 e. The van der Waals surface area contributed by atoms with Gasteiger partial charge in [0.1, 0.15) is 0 Å². The molecule has 0 amide bonds. The number of rotatable bonds is 4. The van der Waals surface area contributed by atoms with Gasteiger partial charge in [0.05, 0.1) is 17.3 Å². The van der Waals surface area contributed by atoms with Gasteiger partial charge in [-0.25, -0.2) is 4.98 Å². The van der Waals surface area contributed by atoms with Gasteiger partial charge >= 0.3 is 0 Å². The van der Waals surface area contributed by atoms with Crippen molar-refractivity contribution in [2.75, 3.05) is 6.61 Å². The molecule has 2 rings (SSSR count). The maximum atomic E-state index is 9.22. The first kappa shape index (κ1) is 11.1. The van der Waals surface area contributed by atoms with Crippen LogP contribution in [0.1, 0.15) is 61.6 Å². The first-order valence-electron chi connectivity index (χ1n) is 5.91. The van der Waals surface area contributed by atoms with E-state index in [0.717, 1.165) is 12.1 Å². The maximum absolute atomic E-state index is 9.22. The van der Waals surface area contributed by atoms with Gasteiger partial charge in [-0.3, -0.25) is 0 Å². The quantitative estimate of drug-likeness (QED) is 0.853. The second-order valence-electron chi connectivity index (χ2n) is 4.38. The summed E-state index contributed by atoms with van der Waals surface area (Å²) >= 11 is 1.78. The number of nitrogens with zero attached hydrogens (tertiary/aromatic N) is 1. The summed E-state index contributed by atoms with van der Waals surface area (Å²) < 4.78 is 0. The van der Waals surface area contributed by atoms with Crippen molar-refractivity contribution >= 4 is 11.3 Å². The highest BCUT2D eigenvalue weighted by atomic mass is 32.1. The van der Waals surface area contributed by atoms with E-state index >= 15 is 0 Å². The van der Waals surface area contributed by atoms with Crippen molar-refractivity contribution in [1.82, 2.24) is 4.98 Å². The number of aliphatic hydroxyl groups is 1. The Hall–Kier alpha value is -0.410. The first-order valence-corrected chi connectivity index (χ1v) is 6.79. The Morgan fingerprint density at radius 1 is 1.53 bits per heavy atom. The summed E-state index contributed by atoms with van der Waals surface area (Å²) in [6, 6.07) is 0. The zero-order valence-electron chi connectivity index (χ0n) is 9.28. The lowest BCUT2D eigenvalue weighted by Crippen LogP contribution is -2.03. The molecule has 15 heavy (non-hydrogen) atoms. The van der Waals surface area contributed by atoms with Gasteiger partial charge in [0.15, 0.2) is 0 Å². The van der Waals surface area contributed by atoms with Gasteiger partial charge in [-0.15, -0.1) is 11.3 Å². The molecule has 1 saturated carbocycles. The SMILES string of the molecule is CCC(CO)c1csc(C2CCCC2)n1. The number of hydrogen-bond donors (Lipinski definition) is 1. The Labute approximate surface area is 95.4 Å². The average molecular weight is 225 g/mol. The van der Waals surface area contributed by atoms with Crippen LogP contribution in [-0.4, -0.2) is 16.7 Å². The summed E-state index contributed by atoms with van der Waals surface area (Å²) in [5.74, 6) is 0.955. The molecular weight excluding hydrogens is 206 g/mol. The molecule has 0 radical (unpaired) electrons. The first-order chi connectivity index (χ1) is 7.35. The lowest BCUT2D eigenvalue weighted by molar-refractivity contribution is 0.260. The van der Waals surface area contributed by atoms with Gasteiger partial charge in [0, 0.05) is 17.2 Å². The van der Waals surface area contributed by atoms with Gasteiger partial charge in [-0.2, -0.15) is 0 Å². The van der Waals surface area contributed by atoms with E-state index in [2.05, 4.69) is 12.3 Å². The fourth-order valence-corrected chi connectivity index (χ4v) is 3.35. The Morgan fingerprint density at radius 2 is 2.27 bits per heavy atom. The van der Waals surface area contributed by atoms with Gasteiger partial charge in [-0.05, 0) is 19.3 Å². The largest absolute Gasteiger partial charge is 0.396 e. The standard InChI is InChI=1S/C12H19NOS/c1-2-9(7-14)11-8-15-12(13-11)10-5-3-4-6-10/h8-10,14H,2-7H2,1H3. The van der Waals surface area contributed by atoms with Crippen molar-refractivity contribution in [2.45, 2.75) is 50.9 Å². The minimum absolute atomic E-state index is 0.227. The van der Waals surface area contributed by atoms with E-state index in [-0.39, 0.29) is 12.5 Å². The third kappa shape index (κ3) is 2.40. The molecule has 1 unspecified atom stereocenters. The summed E-state index contributed by atoms with van der Waals surface area (Å²) in [4.78, 5) is 4.69.